The summed E-state index contributed by atoms with van der Waals surface area (Å²) in [5.74, 6) is -1.33. The summed E-state index contributed by atoms with van der Waals surface area (Å²) in [6.07, 6.45) is 0.816. The summed E-state index contributed by atoms with van der Waals surface area (Å²) in [7, 11) is 0. The van der Waals surface area contributed by atoms with Crippen molar-refractivity contribution in [1.29, 1.82) is 0 Å². The molecule has 2 N–H and O–H groups in total. The minimum absolute atomic E-state index is 0.0892. The van der Waals surface area contributed by atoms with E-state index in [0.717, 1.165) is 12.3 Å². The van der Waals surface area contributed by atoms with Gasteiger partial charge in [-0.05, 0) is 25.1 Å². The van der Waals surface area contributed by atoms with Gasteiger partial charge in [-0.1, -0.05) is 16.8 Å². The second-order valence-electron chi connectivity index (χ2n) is 3.20. The Kier molecular flexibility index (Phi) is 5.74. The number of hydrogen-bond donors (Lipinski definition) is 2. The lowest BCUT2D eigenvalue weighted by molar-refractivity contribution is -0.134. The molecule has 0 radical (unpaired) electrons. The topological polar surface area (TPSA) is 83.3 Å². The summed E-state index contributed by atoms with van der Waals surface area (Å²) >= 11 is 5.58. The Morgan fingerprint density at radius 2 is 2.37 bits per heavy atom. The Labute approximate surface area is 113 Å². The van der Waals surface area contributed by atoms with E-state index in [9.17, 15) is 9.18 Å². The van der Waals surface area contributed by atoms with Crippen LogP contribution in [0, 0.1) is 5.82 Å². The van der Waals surface area contributed by atoms with Crippen LogP contribution >= 0.6 is 11.6 Å². The molecule has 0 aliphatic heterocycles. The first-order valence-corrected chi connectivity index (χ1v) is 5.59. The van der Waals surface area contributed by atoms with Crippen LogP contribution in [0.15, 0.2) is 28.5 Å². The number of rotatable bonds is 5. The molecule has 1 rings (SSSR count). The monoisotopic (exact) mass is 287 g/mol. The van der Waals surface area contributed by atoms with Gasteiger partial charge >= 0.3 is 5.97 Å². The number of nitrogens with one attached hydrogen (secondary N) is 1. The van der Waals surface area contributed by atoms with Crippen LogP contribution in [-0.4, -0.2) is 29.7 Å². The fraction of sp³-hybridized carbons (Fsp3) is 0.182. The second-order valence-corrected chi connectivity index (χ2v) is 3.61. The highest BCUT2D eigenvalue weighted by Crippen LogP contribution is 2.19. The van der Waals surface area contributed by atoms with Gasteiger partial charge in [0.25, 0.3) is 0 Å². The normalized spacial score (nSPS) is 11.6. The molecule has 0 bridgehead atoms. The second kappa shape index (κ2) is 7.32. The number of carbonyl (C=O) groups is 1. The maximum Gasteiger partial charge on any atom is 0.360 e. The molecule has 0 saturated carbocycles. The Bertz CT molecular complexity index is 520. The van der Waals surface area contributed by atoms with E-state index in [1.54, 1.807) is 6.92 Å². The molecule has 6 nitrogen and oxygen atoms in total. The molecule has 0 heterocycles. The molecule has 0 fully saturated rings. The minimum Gasteiger partial charge on any atom is -0.461 e. The van der Waals surface area contributed by atoms with Gasteiger partial charge in [-0.25, -0.2) is 9.18 Å². The van der Waals surface area contributed by atoms with Crippen molar-refractivity contribution in [3.8, 4) is 0 Å². The van der Waals surface area contributed by atoms with Gasteiger partial charge < -0.3 is 9.94 Å². The number of esters is 1. The van der Waals surface area contributed by atoms with Crippen molar-refractivity contribution in [1.82, 2.24) is 0 Å². The molecule has 0 atom stereocenters. The Morgan fingerprint density at radius 1 is 1.63 bits per heavy atom. The molecular formula is C11H11ClFN3O3. The van der Waals surface area contributed by atoms with Crippen LogP contribution in [-0.2, 0) is 9.53 Å². The van der Waals surface area contributed by atoms with Crippen molar-refractivity contribution >= 4 is 35.2 Å². The van der Waals surface area contributed by atoms with Crippen molar-refractivity contribution in [3.05, 3.63) is 29.0 Å². The van der Waals surface area contributed by atoms with Gasteiger partial charge in [-0.2, -0.15) is 5.10 Å². The predicted molar refractivity (Wildman–Crippen MR) is 69.4 cm³/mol. The van der Waals surface area contributed by atoms with E-state index in [1.807, 2.05) is 0 Å². The Hall–Kier alpha value is -2.15. The highest BCUT2D eigenvalue weighted by molar-refractivity contribution is 6.59. The van der Waals surface area contributed by atoms with Crippen LogP contribution in [0.4, 0.5) is 10.1 Å². The van der Waals surface area contributed by atoms with Gasteiger partial charge in [0.1, 0.15) is 12.0 Å². The van der Waals surface area contributed by atoms with Gasteiger partial charge in [0.05, 0.1) is 17.3 Å². The van der Waals surface area contributed by atoms with Crippen molar-refractivity contribution in [2.75, 3.05) is 12.0 Å². The van der Waals surface area contributed by atoms with Crippen molar-refractivity contribution < 1.29 is 19.1 Å². The average Bonchev–Trinajstić information content (AvgIpc) is 2.38. The molecule has 0 unspecified atom stereocenters. The zero-order valence-electron chi connectivity index (χ0n) is 9.93. The SMILES string of the molecule is CCOC(=O)C(/C=N/O)=N/Nc1ccc(F)c(Cl)c1. The summed E-state index contributed by atoms with van der Waals surface area (Å²) in [6, 6.07) is 3.81. The van der Waals surface area contributed by atoms with Gasteiger partial charge in [0.15, 0.2) is 5.71 Å². The number of anilines is 1. The highest BCUT2D eigenvalue weighted by atomic mass is 35.5. The first-order chi connectivity index (χ1) is 9.08. The summed E-state index contributed by atoms with van der Waals surface area (Å²) in [6.45, 7) is 1.78. The smallest absolute Gasteiger partial charge is 0.360 e. The number of carbonyl (C=O) groups excluding carboxylic acids is 1. The number of nitrogens with zero attached hydrogens (tertiary/aromatic N) is 2. The zero-order valence-corrected chi connectivity index (χ0v) is 10.7. The fourth-order valence-corrected chi connectivity index (χ4v) is 1.26. The third-order valence-electron chi connectivity index (χ3n) is 1.89. The zero-order chi connectivity index (χ0) is 14.3. The van der Waals surface area contributed by atoms with Crippen molar-refractivity contribution in [2.24, 2.45) is 10.3 Å². The highest BCUT2D eigenvalue weighted by Gasteiger charge is 2.10. The number of benzene rings is 1. The van der Waals surface area contributed by atoms with E-state index in [0.29, 0.717) is 5.69 Å². The third-order valence-corrected chi connectivity index (χ3v) is 2.18. The quantitative estimate of drug-likeness (QED) is 0.377. The maximum absolute atomic E-state index is 12.9. The largest absolute Gasteiger partial charge is 0.461 e. The first-order valence-electron chi connectivity index (χ1n) is 5.21. The van der Waals surface area contributed by atoms with Crippen LogP contribution in [0.3, 0.4) is 0 Å². The molecule has 0 saturated heterocycles. The van der Waals surface area contributed by atoms with Crippen LogP contribution in [0.1, 0.15) is 6.92 Å². The van der Waals surface area contributed by atoms with E-state index in [4.69, 9.17) is 16.8 Å². The predicted octanol–water partition coefficient (Wildman–Crippen LogP) is 2.27. The summed E-state index contributed by atoms with van der Waals surface area (Å²) in [5, 5.41) is 14.7. The average molecular weight is 288 g/mol. The fourth-order valence-electron chi connectivity index (χ4n) is 1.08. The maximum atomic E-state index is 12.9. The van der Waals surface area contributed by atoms with E-state index < -0.39 is 11.8 Å². The molecule has 0 spiro atoms. The lowest BCUT2D eigenvalue weighted by Crippen LogP contribution is -2.20. The molecule has 19 heavy (non-hydrogen) atoms. The van der Waals surface area contributed by atoms with Crippen LogP contribution in [0.2, 0.25) is 5.02 Å². The van der Waals surface area contributed by atoms with Crippen molar-refractivity contribution in [2.45, 2.75) is 6.92 Å². The lowest BCUT2D eigenvalue weighted by Gasteiger charge is -2.04. The molecule has 1 aromatic rings. The van der Waals surface area contributed by atoms with Crippen LogP contribution < -0.4 is 5.43 Å². The summed E-state index contributed by atoms with van der Waals surface area (Å²) in [4.78, 5) is 11.4. The lowest BCUT2D eigenvalue weighted by atomic mass is 10.3. The van der Waals surface area contributed by atoms with Gasteiger partial charge in [0.2, 0.25) is 0 Å². The Balaban J connectivity index is 2.85. The molecule has 0 amide bonds. The molecule has 1 aromatic carbocycles. The third kappa shape index (κ3) is 4.55. The molecule has 0 aliphatic carbocycles. The van der Waals surface area contributed by atoms with Crippen LogP contribution in [0.25, 0.3) is 0 Å². The van der Waals surface area contributed by atoms with Gasteiger partial charge in [-0.3, -0.25) is 5.43 Å². The summed E-state index contributed by atoms with van der Waals surface area (Å²) in [5.41, 5.74) is 2.59. The summed E-state index contributed by atoms with van der Waals surface area (Å²) < 4.78 is 17.6. The minimum atomic E-state index is -0.763. The van der Waals surface area contributed by atoms with Crippen molar-refractivity contribution in [3.63, 3.8) is 0 Å². The Morgan fingerprint density at radius 3 is 2.95 bits per heavy atom. The molecule has 0 aromatic heterocycles. The number of hydrogen-bond acceptors (Lipinski definition) is 6. The number of ether oxygens (including phenoxy) is 1. The van der Waals surface area contributed by atoms with E-state index in [2.05, 4.69) is 20.4 Å². The number of halogens is 2. The molecule has 8 heteroatoms. The first kappa shape index (κ1) is 14.9. The van der Waals surface area contributed by atoms with Gasteiger partial charge in [-0.15, -0.1) is 0 Å². The molecule has 0 aliphatic rings. The van der Waals surface area contributed by atoms with E-state index in [-0.39, 0.29) is 17.3 Å². The van der Waals surface area contributed by atoms with E-state index in [1.165, 1.54) is 12.1 Å². The van der Waals surface area contributed by atoms with Crippen LogP contribution in [0.5, 0.6) is 0 Å². The number of oxime groups is 1. The van der Waals surface area contributed by atoms with E-state index >= 15 is 0 Å². The standard InChI is InChI=1S/C11H11ClFN3O3/c1-2-19-11(17)10(6-14-18)16-15-7-3-4-9(13)8(12)5-7/h3-6,15,18H,2H2,1H3/b14-6+,16-10+. The number of hydrazone groups is 1. The molecular weight excluding hydrogens is 277 g/mol. The molecule has 102 valence electrons. The van der Waals surface area contributed by atoms with Gasteiger partial charge in [0, 0.05) is 0 Å².